The molecule has 1 N–H and O–H groups in total. The number of urea groups is 1. The second-order valence-electron chi connectivity index (χ2n) is 7.36. The molecular formula is C25H18Cl2N2O4. The van der Waals surface area contributed by atoms with E-state index < -0.39 is 17.8 Å². The summed E-state index contributed by atoms with van der Waals surface area (Å²) >= 11 is 12.5. The first kappa shape index (κ1) is 22.6. The van der Waals surface area contributed by atoms with Crippen LogP contribution in [0.25, 0.3) is 6.08 Å². The molecule has 0 radical (unpaired) electrons. The fourth-order valence-electron chi connectivity index (χ4n) is 3.24. The zero-order valence-electron chi connectivity index (χ0n) is 17.5. The number of hydrogen-bond donors (Lipinski definition) is 1. The highest BCUT2D eigenvalue weighted by molar-refractivity contribution is 6.39. The van der Waals surface area contributed by atoms with E-state index in [1.54, 1.807) is 37.3 Å². The molecule has 3 aromatic carbocycles. The number of anilines is 1. The normalized spacial score (nSPS) is 15.1. The predicted molar refractivity (Wildman–Crippen MR) is 127 cm³/mol. The lowest BCUT2D eigenvalue weighted by Crippen LogP contribution is -2.54. The number of nitrogens with one attached hydrogen (secondary N) is 1. The molecule has 0 unspecified atom stereocenters. The number of imide groups is 2. The van der Waals surface area contributed by atoms with Crippen molar-refractivity contribution >= 4 is 52.8 Å². The third-order valence-electron chi connectivity index (χ3n) is 5.02. The quantitative estimate of drug-likeness (QED) is 0.383. The van der Waals surface area contributed by atoms with Crippen LogP contribution in [0.3, 0.4) is 0 Å². The van der Waals surface area contributed by atoms with E-state index in [1.807, 2.05) is 30.3 Å². The molecule has 1 heterocycles. The summed E-state index contributed by atoms with van der Waals surface area (Å²) in [6, 6.07) is 18.5. The summed E-state index contributed by atoms with van der Waals surface area (Å²) in [6.45, 7) is 2.15. The van der Waals surface area contributed by atoms with Crippen LogP contribution in [0, 0.1) is 6.92 Å². The summed E-state index contributed by atoms with van der Waals surface area (Å²) in [5, 5.41) is 2.90. The number of rotatable bonds is 5. The van der Waals surface area contributed by atoms with Crippen molar-refractivity contribution in [3.63, 3.8) is 0 Å². The molecular weight excluding hydrogens is 463 g/mol. The van der Waals surface area contributed by atoms with Gasteiger partial charge >= 0.3 is 6.03 Å². The van der Waals surface area contributed by atoms with Crippen LogP contribution in [0.1, 0.15) is 16.7 Å². The van der Waals surface area contributed by atoms with Crippen LogP contribution < -0.4 is 15.0 Å². The molecule has 0 bridgehead atoms. The lowest BCUT2D eigenvalue weighted by molar-refractivity contribution is -0.122. The highest BCUT2D eigenvalue weighted by atomic mass is 35.5. The second kappa shape index (κ2) is 9.48. The van der Waals surface area contributed by atoms with Gasteiger partial charge in [-0.2, -0.15) is 0 Å². The van der Waals surface area contributed by atoms with E-state index in [0.717, 1.165) is 16.0 Å². The van der Waals surface area contributed by atoms with Gasteiger partial charge in [0.2, 0.25) is 0 Å². The van der Waals surface area contributed by atoms with Gasteiger partial charge in [-0.25, -0.2) is 9.69 Å². The van der Waals surface area contributed by atoms with E-state index in [4.69, 9.17) is 27.9 Å². The number of amides is 4. The number of barbiturate groups is 1. The summed E-state index contributed by atoms with van der Waals surface area (Å²) in [5.74, 6) is -1.09. The topological polar surface area (TPSA) is 75.7 Å². The summed E-state index contributed by atoms with van der Waals surface area (Å²) < 4.78 is 5.76. The van der Waals surface area contributed by atoms with Gasteiger partial charge in [0, 0.05) is 5.02 Å². The van der Waals surface area contributed by atoms with Crippen molar-refractivity contribution in [2.75, 3.05) is 4.90 Å². The van der Waals surface area contributed by atoms with E-state index >= 15 is 0 Å². The minimum absolute atomic E-state index is 0.208. The van der Waals surface area contributed by atoms with Gasteiger partial charge in [-0.15, -0.1) is 0 Å². The molecule has 0 aromatic heterocycles. The maximum atomic E-state index is 13.0. The van der Waals surface area contributed by atoms with Crippen LogP contribution in [0.15, 0.2) is 72.3 Å². The molecule has 0 spiro atoms. The van der Waals surface area contributed by atoms with Gasteiger partial charge in [-0.3, -0.25) is 14.9 Å². The van der Waals surface area contributed by atoms with Crippen molar-refractivity contribution in [3.05, 3.63) is 99.0 Å². The van der Waals surface area contributed by atoms with Crippen LogP contribution in [-0.2, 0) is 16.2 Å². The molecule has 33 heavy (non-hydrogen) atoms. The van der Waals surface area contributed by atoms with Crippen molar-refractivity contribution in [2.45, 2.75) is 13.5 Å². The van der Waals surface area contributed by atoms with E-state index in [2.05, 4.69) is 5.32 Å². The van der Waals surface area contributed by atoms with Crippen molar-refractivity contribution < 1.29 is 19.1 Å². The van der Waals surface area contributed by atoms with E-state index in [-0.39, 0.29) is 11.3 Å². The highest BCUT2D eigenvalue weighted by Gasteiger charge is 2.37. The number of aryl methyl sites for hydroxylation is 1. The maximum Gasteiger partial charge on any atom is 0.335 e. The van der Waals surface area contributed by atoms with Gasteiger partial charge in [0.25, 0.3) is 11.8 Å². The number of hydrogen-bond acceptors (Lipinski definition) is 4. The van der Waals surface area contributed by atoms with Crippen LogP contribution >= 0.6 is 23.2 Å². The molecule has 0 saturated carbocycles. The van der Waals surface area contributed by atoms with Gasteiger partial charge in [-0.05, 0) is 54.0 Å². The third-order valence-corrected chi connectivity index (χ3v) is 5.72. The van der Waals surface area contributed by atoms with Crippen LogP contribution in [-0.4, -0.2) is 17.8 Å². The first-order valence-electron chi connectivity index (χ1n) is 9.97. The van der Waals surface area contributed by atoms with E-state index in [0.29, 0.717) is 28.0 Å². The molecule has 1 aliphatic heterocycles. The zero-order valence-corrected chi connectivity index (χ0v) is 19.0. The molecule has 6 nitrogen and oxygen atoms in total. The Labute approximate surface area is 200 Å². The number of carbonyl (C=O) groups is 3. The molecule has 4 amide bonds. The van der Waals surface area contributed by atoms with Gasteiger partial charge in [-0.1, -0.05) is 65.7 Å². The largest absolute Gasteiger partial charge is 0.487 e. The Balaban J connectivity index is 1.58. The SMILES string of the molecule is Cc1ccc(N2C(=O)NC(=O)/C(=C\c3ccc(OCc4ccccc4)c(Cl)c3)C2=O)cc1Cl. The number of halogens is 2. The minimum atomic E-state index is -0.843. The van der Waals surface area contributed by atoms with Crippen molar-refractivity contribution in [2.24, 2.45) is 0 Å². The summed E-state index contributed by atoms with van der Waals surface area (Å²) in [5.41, 5.74) is 2.34. The molecule has 0 atom stereocenters. The number of benzene rings is 3. The third kappa shape index (κ3) is 4.92. The Kier molecular flexibility index (Phi) is 6.49. The Morgan fingerprint density at radius 1 is 0.939 bits per heavy atom. The van der Waals surface area contributed by atoms with Gasteiger partial charge in [0.1, 0.15) is 17.9 Å². The molecule has 0 aliphatic carbocycles. The number of nitrogens with zero attached hydrogens (tertiary/aromatic N) is 1. The predicted octanol–water partition coefficient (Wildman–Crippen LogP) is 5.55. The molecule has 8 heteroatoms. The van der Waals surface area contributed by atoms with Gasteiger partial charge in [0.15, 0.2) is 0 Å². The van der Waals surface area contributed by atoms with Crippen molar-refractivity contribution in [3.8, 4) is 5.75 Å². The Bertz CT molecular complexity index is 1290. The Hall–Kier alpha value is -3.61. The lowest BCUT2D eigenvalue weighted by atomic mass is 10.1. The fraction of sp³-hybridized carbons (Fsp3) is 0.0800. The second-order valence-corrected chi connectivity index (χ2v) is 8.17. The molecule has 1 fully saturated rings. The molecule has 166 valence electrons. The Morgan fingerprint density at radius 3 is 2.39 bits per heavy atom. The Morgan fingerprint density at radius 2 is 1.70 bits per heavy atom. The first-order valence-corrected chi connectivity index (χ1v) is 10.7. The summed E-state index contributed by atoms with van der Waals surface area (Å²) in [7, 11) is 0. The molecule has 3 aromatic rings. The van der Waals surface area contributed by atoms with Gasteiger partial charge in [0.05, 0.1) is 10.7 Å². The van der Waals surface area contributed by atoms with Crippen molar-refractivity contribution in [1.29, 1.82) is 0 Å². The molecule has 1 aliphatic rings. The lowest BCUT2D eigenvalue weighted by Gasteiger charge is -2.26. The summed E-state index contributed by atoms with van der Waals surface area (Å²) in [6.07, 6.45) is 1.37. The van der Waals surface area contributed by atoms with E-state index in [9.17, 15) is 14.4 Å². The first-order chi connectivity index (χ1) is 15.8. The van der Waals surface area contributed by atoms with Crippen LogP contribution in [0.2, 0.25) is 10.0 Å². The molecule has 1 saturated heterocycles. The highest BCUT2D eigenvalue weighted by Crippen LogP contribution is 2.29. The standard InChI is InChI=1S/C25H18Cl2N2O4/c1-15-7-9-18(13-20(15)26)29-24(31)19(23(30)28-25(29)32)11-17-8-10-22(21(27)12-17)33-14-16-5-3-2-4-6-16/h2-13H,14H2,1H3,(H,28,30,32)/b19-11+. The number of carbonyl (C=O) groups excluding carboxylic acids is 3. The number of ether oxygens (including phenoxy) is 1. The zero-order chi connectivity index (χ0) is 23.5. The minimum Gasteiger partial charge on any atom is -0.487 e. The monoisotopic (exact) mass is 480 g/mol. The maximum absolute atomic E-state index is 13.0. The fourth-order valence-corrected chi connectivity index (χ4v) is 3.66. The van der Waals surface area contributed by atoms with Crippen LogP contribution in [0.5, 0.6) is 5.75 Å². The average molecular weight is 481 g/mol. The van der Waals surface area contributed by atoms with Gasteiger partial charge < -0.3 is 4.74 Å². The molecule has 4 rings (SSSR count). The van der Waals surface area contributed by atoms with E-state index in [1.165, 1.54) is 12.1 Å². The summed E-state index contributed by atoms with van der Waals surface area (Å²) in [4.78, 5) is 38.7. The van der Waals surface area contributed by atoms with Crippen molar-refractivity contribution in [1.82, 2.24) is 5.32 Å². The van der Waals surface area contributed by atoms with Crippen LogP contribution in [0.4, 0.5) is 10.5 Å². The smallest absolute Gasteiger partial charge is 0.335 e. The average Bonchev–Trinajstić information content (AvgIpc) is 2.79.